The van der Waals surface area contributed by atoms with Gasteiger partial charge in [-0.25, -0.2) is 4.79 Å². The minimum Gasteiger partial charge on any atom is -0.428 e. The molecule has 0 aromatic carbocycles. The van der Waals surface area contributed by atoms with Crippen LogP contribution in [0.2, 0.25) is 0 Å². The van der Waals surface area contributed by atoms with Crippen LogP contribution >= 0.6 is 11.3 Å². The zero-order valence-electron chi connectivity index (χ0n) is 17.7. The van der Waals surface area contributed by atoms with Crippen molar-refractivity contribution < 1.29 is 32.3 Å². The number of thiophene rings is 1. The van der Waals surface area contributed by atoms with Crippen LogP contribution in [0.25, 0.3) is 0 Å². The number of nitrogens with zero attached hydrogens (tertiary/aromatic N) is 2. The number of carbonyl (C=O) groups is 3. The van der Waals surface area contributed by atoms with Gasteiger partial charge in [-0.1, -0.05) is 0 Å². The Balaban J connectivity index is 1.46. The predicted molar refractivity (Wildman–Crippen MR) is 111 cm³/mol. The molecule has 0 spiro atoms. The number of primary amides is 1. The number of fused-ring (bicyclic) bond motifs is 2. The summed E-state index contributed by atoms with van der Waals surface area (Å²) in [7, 11) is 0. The average Bonchev–Trinajstić information content (AvgIpc) is 3.35. The number of amides is 2. The van der Waals surface area contributed by atoms with Crippen molar-refractivity contribution in [3.05, 3.63) is 38.3 Å². The van der Waals surface area contributed by atoms with Gasteiger partial charge in [0.05, 0.1) is 5.56 Å². The van der Waals surface area contributed by atoms with Crippen LogP contribution in [0.5, 0.6) is 0 Å². The zero-order valence-corrected chi connectivity index (χ0v) is 18.5. The van der Waals surface area contributed by atoms with Crippen molar-refractivity contribution >= 4 is 29.1 Å². The molecule has 1 unspecified atom stereocenters. The van der Waals surface area contributed by atoms with Crippen molar-refractivity contribution in [3.63, 3.8) is 0 Å². The van der Waals surface area contributed by atoms with Gasteiger partial charge in [-0.05, 0) is 56.9 Å². The average molecular weight is 485 g/mol. The number of halogens is 3. The molecule has 0 radical (unpaired) electrons. The van der Waals surface area contributed by atoms with Gasteiger partial charge < -0.3 is 15.8 Å². The normalized spacial score (nSPS) is 16.5. The first kappa shape index (κ1) is 23.3. The summed E-state index contributed by atoms with van der Waals surface area (Å²) in [4.78, 5) is 38.0. The first-order valence-corrected chi connectivity index (χ1v) is 11.6. The van der Waals surface area contributed by atoms with Crippen molar-refractivity contribution in [2.24, 2.45) is 5.73 Å². The second kappa shape index (κ2) is 9.16. The molecule has 33 heavy (non-hydrogen) atoms. The quantitative estimate of drug-likeness (QED) is 0.483. The summed E-state index contributed by atoms with van der Waals surface area (Å²) in [6.45, 7) is -0.562. The van der Waals surface area contributed by atoms with Crippen LogP contribution in [0.15, 0.2) is 5.38 Å². The Labute approximate surface area is 191 Å². The van der Waals surface area contributed by atoms with E-state index in [0.29, 0.717) is 30.5 Å². The van der Waals surface area contributed by atoms with Gasteiger partial charge in [-0.3, -0.25) is 14.3 Å². The molecule has 0 saturated heterocycles. The molecule has 0 aliphatic heterocycles. The third-order valence-corrected chi connectivity index (χ3v) is 6.96. The van der Waals surface area contributed by atoms with E-state index in [9.17, 15) is 27.6 Å². The monoisotopic (exact) mass is 484 g/mol. The number of aromatic nitrogens is 2. The van der Waals surface area contributed by atoms with Crippen LogP contribution in [-0.4, -0.2) is 33.8 Å². The Kier molecular flexibility index (Phi) is 6.46. The van der Waals surface area contributed by atoms with E-state index in [1.807, 2.05) is 0 Å². The third kappa shape index (κ3) is 4.90. The number of hydrogen-bond acceptors (Lipinski definition) is 6. The second-order valence-electron chi connectivity index (χ2n) is 8.15. The van der Waals surface area contributed by atoms with E-state index in [-0.39, 0.29) is 12.0 Å². The molecule has 2 aromatic heterocycles. The number of alkyl halides is 3. The molecule has 1 atom stereocenters. The number of nitrogens with one attached hydrogen (secondary N) is 1. The molecule has 4 rings (SSSR count). The Hall–Kier alpha value is -2.89. The van der Waals surface area contributed by atoms with E-state index in [1.54, 1.807) is 5.38 Å². The number of esters is 1. The Bertz CT molecular complexity index is 1090. The lowest BCUT2D eigenvalue weighted by atomic mass is 9.95. The van der Waals surface area contributed by atoms with Crippen molar-refractivity contribution in [1.29, 1.82) is 0 Å². The maximum Gasteiger partial charge on any atom is 0.435 e. The van der Waals surface area contributed by atoms with Gasteiger partial charge in [-0.15, -0.1) is 11.3 Å². The summed E-state index contributed by atoms with van der Waals surface area (Å²) in [5.74, 6) is -2.72. The molecule has 8 nitrogen and oxygen atoms in total. The van der Waals surface area contributed by atoms with Crippen molar-refractivity contribution in [1.82, 2.24) is 15.1 Å². The zero-order chi connectivity index (χ0) is 23.8. The van der Waals surface area contributed by atoms with E-state index in [0.717, 1.165) is 40.8 Å². The summed E-state index contributed by atoms with van der Waals surface area (Å²) < 4.78 is 46.2. The van der Waals surface area contributed by atoms with E-state index in [1.165, 1.54) is 11.3 Å². The maximum atomic E-state index is 13.3. The number of rotatable bonds is 6. The summed E-state index contributed by atoms with van der Waals surface area (Å²) >= 11 is 1.44. The lowest BCUT2D eigenvalue weighted by Crippen LogP contribution is -2.48. The fraction of sp³-hybridized carbons (Fsp3) is 0.524. The predicted octanol–water partition coefficient (Wildman–Crippen LogP) is 2.51. The fourth-order valence-corrected chi connectivity index (χ4v) is 5.47. The van der Waals surface area contributed by atoms with Gasteiger partial charge in [0.25, 0.3) is 12.1 Å². The second-order valence-corrected chi connectivity index (χ2v) is 9.11. The molecule has 12 heteroatoms. The minimum absolute atomic E-state index is 0.0988. The SMILES string of the molecule is NC(=O)C(NC(=O)Cn1nc(C(F)(F)F)c2c1CCCC2)OC(=O)c1csc2c1CCCC2. The molecule has 2 amide bonds. The Morgan fingerprint density at radius 2 is 1.79 bits per heavy atom. The first-order valence-electron chi connectivity index (χ1n) is 10.7. The van der Waals surface area contributed by atoms with Gasteiger partial charge in [0.2, 0.25) is 5.91 Å². The standard InChI is InChI=1S/C21H23F3N4O4S/c22-21(23,24)17-12-6-1-3-7-14(12)28(27-17)9-16(29)26-19(18(25)30)32-20(31)13-10-33-15-8-4-2-5-11(13)15/h10,19H,1-9H2,(H2,25,30)(H,26,29). The van der Waals surface area contributed by atoms with E-state index in [4.69, 9.17) is 10.5 Å². The molecule has 0 bridgehead atoms. The molecule has 3 N–H and O–H groups in total. The van der Waals surface area contributed by atoms with Crippen LogP contribution < -0.4 is 11.1 Å². The lowest BCUT2D eigenvalue weighted by Gasteiger charge is -2.18. The molecule has 2 heterocycles. The Morgan fingerprint density at radius 1 is 1.12 bits per heavy atom. The molecule has 2 aromatic rings. The molecule has 0 fully saturated rings. The topological polar surface area (TPSA) is 116 Å². The number of nitrogens with two attached hydrogens (primary N) is 1. The van der Waals surface area contributed by atoms with Gasteiger partial charge in [0.1, 0.15) is 6.54 Å². The van der Waals surface area contributed by atoms with E-state index in [2.05, 4.69) is 10.4 Å². The highest BCUT2D eigenvalue weighted by atomic mass is 32.1. The summed E-state index contributed by atoms with van der Waals surface area (Å²) in [6, 6.07) is 0. The molecule has 0 saturated carbocycles. The van der Waals surface area contributed by atoms with Crippen LogP contribution in [0, 0.1) is 0 Å². The maximum absolute atomic E-state index is 13.3. The van der Waals surface area contributed by atoms with Crippen LogP contribution in [0.4, 0.5) is 13.2 Å². The lowest BCUT2D eigenvalue weighted by molar-refractivity contribution is -0.142. The highest BCUT2D eigenvalue weighted by Crippen LogP contribution is 2.36. The van der Waals surface area contributed by atoms with Crippen LogP contribution in [0.3, 0.4) is 0 Å². The Morgan fingerprint density at radius 3 is 2.48 bits per heavy atom. The summed E-state index contributed by atoms with van der Waals surface area (Å²) in [5, 5.41) is 7.47. The first-order chi connectivity index (χ1) is 15.6. The minimum atomic E-state index is -4.63. The molecular formula is C21H23F3N4O4S. The van der Waals surface area contributed by atoms with Gasteiger partial charge in [-0.2, -0.15) is 18.3 Å². The van der Waals surface area contributed by atoms with Crippen molar-refractivity contribution in [2.75, 3.05) is 0 Å². The van der Waals surface area contributed by atoms with E-state index >= 15 is 0 Å². The fourth-order valence-electron chi connectivity index (χ4n) is 4.35. The molecular weight excluding hydrogens is 461 g/mol. The summed E-state index contributed by atoms with van der Waals surface area (Å²) in [5.41, 5.74) is 5.96. The molecule has 2 aliphatic carbocycles. The van der Waals surface area contributed by atoms with Crippen molar-refractivity contribution in [3.8, 4) is 0 Å². The summed E-state index contributed by atoms with van der Waals surface area (Å²) in [6.07, 6.45) is -0.916. The number of aryl methyl sites for hydroxylation is 1. The highest BCUT2D eigenvalue weighted by Gasteiger charge is 2.40. The largest absolute Gasteiger partial charge is 0.435 e. The van der Waals surface area contributed by atoms with Gasteiger partial charge in [0.15, 0.2) is 5.69 Å². The van der Waals surface area contributed by atoms with Crippen LogP contribution in [-0.2, 0) is 52.7 Å². The van der Waals surface area contributed by atoms with Gasteiger partial charge in [0, 0.05) is 21.5 Å². The number of ether oxygens (including phenoxy) is 1. The molecule has 178 valence electrons. The van der Waals surface area contributed by atoms with Crippen LogP contribution in [0.1, 0.15) is 63.4 Å². The van der Waals surface area contributed by atoms with Crippen molar-refractivity contribution in [2.45, 2.75) is 70.3 Å². The smallest absolute Gasteiger partial charge is 0.428 e. The highest BCUT2D eigenvalue weighted by molar-refractivity contribution is 7.10. The molecule has 2 aliphatic rings. The number of carbonyl (C=O) groups excluding carboxylic acids is 3. The number of hydrogen-bond donors (Lipinski definition) is 2. The van der Waals surface area contributed by atoms with Gasteiger partial charge >= 0.3 is 12.1 Å². The third-order valence-electron chi connectivity index (χ3n) is 5.88. The van der Waals surface area contributed by atoms with E-state index < -0.39 is 42.4 Å².